The molecule has 1 amide bonds. The van der Waals surface area contributed by atoms with Crippen LogP contribution in [-0.4, -0.2) is 41.4 Å². The summed E-state index contributed by atoms with van der Waals surface area (Å²) in [4.78, 5) is 17.3. The Morgan fingerprint density at radius 3 is 2.54 bits per heavy atom. The first-order valence-electron chi connectivity index (χ1n) is 10.1. The maximum atomic E-state index is 13.6. The fourth-order valence-corrected chi connectivity index (χ4v) is 5.12. The topological polar surface area (TPSA) is 23.6 Å². The van der Waals surface area contributed by atoms with E-state index >= 15 is 0 Å². The van der Waals surface area contributed by atoms with E-state index in [1.54, 1.807) is 6.07 Å². The number of rotatable bonds is 3. The second-order valence-electron chi connectivity index (χ2n) is 8.27. The summed E-state index contributed by atoms with van der Waals surface area (Å²) in [5.74, 6) is -0.483. The number of benzene rings is 1. The lowest BCUT2D eigenvalue weighted by Gasteiger charge is -2.30. The Labute approximate surface area is 154 Å². The van der Waals surface area contributed by atoms with Gasteiger partial charge in [-0.15, -0.1) is 0 Å². The SMILES string of the molecule is O=C(C1CCCC1)N1C[C@@H]2CCCCN(Cc3ccc(F)c(F)c3)[C@@H]2C1. The second kappa shape index (κ2) is 7.63. The fraction of sp³-hybridized carbons (Fsp3) is 0.667. The zero-order chi connectivity index (χ0) is 18.1. The van der Waals surface area contributed by atoms with Gasteiger partial charge in [0.1, 0.15) is 0 Å². The summed E-state index contributed by atoms with van der Waals surface area (Å²) >= 11 is 0. The highest BCUT2D eigenvalue weighted by Crippen LogP contribution is 2.34. The van der Waals surface area contributed by atoms with Crippen LogP contribution in [0.15, 0.2) is 18.2 Å². The molecule has 0 radical (unpaired) electrons. The van der Waals surface area contributed by atoms with Gasteiger partial charge in [0.25, 0.3) is 0 Å². The van der Waals surface area contributed by atoms with Crippen molar-refractivity contribution in [3.05, 3.63) is 35.4 Å². The normalized spacial score (nSPS) is 27.5. The van der Waals surface area contributed by atoms with Gasteiger partial charge in [0.2, 0.25) is 5.91 Å². The molecule has 1 aromatic rings. The summed E-state index contributed by atoms with van der Waals surface area (Å²) in [5.41, 5.74) is 0.810. The van der Waals surface area contributed by atoms with Gasteiger partial charge >= 0.3 is 0 Å². The van der Waals surface area contributed by atoms with Crippen molar-refractivity contribution in [3.8, 4) is 0 Å². The van der Waals surface area contributed by atoms with Crippen molar-refractivity contribution >= 4 is 5.91 Å². The van der Waals surface area contributed by atoms with E-state index in [0.717, 1.165) is 50.9 Å². The Morgan fingerprint density at radius 2 is 1.77 bits per heavy atom. The molecule has 0 spiro atoms. The van der Waals surface area contributed by atoms with Gasteiger partial charge in [-0.05, 0) is 55.8 Å². The van der Waals surface area contributed by atoms with Crippen LogP contribution >= 0.6 is 0 Å². The smallest absolute Gasteiger partial charge is 0.225 e. The van der Waals surface area contributed by atoms with Gasteiger partial charge in [-0.25, -0.2) is 8.78 Å². The van der Waals surface area contributed by atoms with Gasteiger partial charge in [0, 0.05) is 31.6 Å². The Kier molecular flexibility index (Phi) is 5.25. The Morgan fingerprint density at radius 1 is 1.00 bits per heavy atom. The van der Waals surface area contributed by atoms with Crippen molar-refractivity contribution in [2.75, 3.05) is 19.6 Å². The summed E-state index contributed by atoms with van der Waals surface area (Å²) in [7, 11) is 0. The molecule has 1 aliphatic carbocycles. The summed E-state index contributed by atoms with van der Waals surface area (Å²) < 4.78 is 26.8. The fourth-order valence-electron chi connectivity index (χ4n) is 5.12. The molecule has 3 fully saturated rings. The molecule has 0 N–H and O–H groups in total. The number of nitrogens with zero attached hydrogens (tertiary/aromatic N) is 2. The number of carbonyl (C=O) groups excluding carboxylic acids is 1. The molecule has 2 atom stereocenters. The average Bonchev–Trinajstić information content (AvgIpc) is 3.27. The van der Waals surface area contributed by atoms with Crippen molar-refractivity contribution in [3.63, 3.8) is 0 Å². The minimum atomic E-state index is -0.795. The number of fused-ring (bicyclic) bond motifs is 1. The molecule has 142 valence electrons. The molecule has 3 nitrogen and oxygen atoms in total. The maximum absolute atomic E-state index is 13.6. The van der Waals surface area contributed by atoms with E-state index < -0.39 is 11.6 Å². The van der Waals surface area contributed by atoms with Crippen LogP contribution in [0.1, 0.15) is 50.5 Å². The number of halogens is 2. The first-order valence-corrected chi connectivity index (χ1v) is 10.1. The minimum absolute atomic E-state index is 0.233. The van der Waals surface area contributed by atoms with Gasteiger partial charge in [0.15, 0.2) is 11.6 Å². The van der Waals surface area contributed by atoms with Crippen LogP contribution in [0.2, 0.25) is 0 Å². The molecule has 0 aromatic heterocycles. The van der Waals surface area contributed by atoms with Crippen LogP contribution in [0, 0.1) is 23.5 Å². The number of amides is 1. The molecule has 5 heteroatoms. The van der Waals surface area contributed by atoms with Crippen LogP contribution in [0.5, 0.6) is 0 Å². The molecule has 4 rings (SSSR count). The molecule has 26 heavy (non-hydrogen) atoms. The molecule has 2 heterocycles. The number of carbonyl (C=O) groups is 1. The Hall–Kier alpha value is -1.49. The summed E-state index contributed by atoms with van der Waals surface area (Å²) in [6, 6.07) is 4.54. The van der Waals surface area contributed by atoms with Crippen LogP contribution in [0.3, 0.4) is 0 Å². The third kappa shape index (κ3) is 3.64. The first-order chi connectivity index (χ1) is 12.6. The van der Waals surface area contributed by atoms with E-state index in [1.807, 2.05) is 0 Å². The maximum Gasteiger partial charge on any atom is 0.225 e. The van der Waals surface area contributed by atoms with Crippen molar-refractivity contribution in [2.24, 2.45) is 11.8 Å². The van der Waals surface area contributed by atoms with Crippen LogP contribution in [0.25, 0.3) is 0 Å². The molecule has 1 saturated carbocycles. The largest absolute Gasteiger partial charge is 0.341 e. The average molecular weight is 362 g/mol. The monoisotopic (exact) mass is 362 g/mol. The Balaban J connectivity index is 1.46. The molecular weight excluding hydrogens is 334 g/mol. The highest BCUT2D eigenvalue weighted by molar-refractivity contribution is 5.79. The number of likely N-dealkylation sites (tertiary alicyclic amines) is 2. The van der Waals surface area contributed by atoms with Gasteiger partial charge in [-0.2, -0.15) is 0 Å². The standard InChI is InChI=1S/C21H28F2N2O/c22-18-9-8-15(11-19(18)23)12-24-10-4-3-7-17-13-25(14-20(17)24)21(26)16-5-1-2-6-16/h8-9,11,16-17,20H,1-7,10,12-14H2/t17-,20+/m0/s1. The van der Waals surface area contributed by atoms with Crippen LogP contribution in [0.4, 0.5) is 8.78 Å². The summed E-state index contributed by atoms with van der Waals surface area (Å²) in [6.07, 6.45) is 7.92. The van der Waals surface area contributed by atoms with E-state index in [0.29, 0.717) is 24.4 Å². The minimum Gasteiger partial charge on any atom is -0.341 e. The summed E-state index contributed by atoms with van der Waals surface area (Å²) in [6.45, 7) is 3.26. The zero-order valence-corrected chi connectivity index (χ0v) is 15.3. The molecule has 2 saturated heterocycles. The summed E-state index contributed by atoms with van der Waals surface area (Å²) in [5, 5.41) is 0. The predicted molar refractivity (Wildman–Crippen MR) is 96.4 cm³/mol. The molecule has 1 aromatic carbocycles. The third-order valence-corrected chi connectivity index (χ3v) is 6.53. The van der Waals surface area contributed by atoms with Gasteiger partial charge < -0.3 is 4.90 Å². The zero-order valence-electron chi connectivity index (χ0n) is 15.3. The number of hydrogen-bond donors (Lipinski definition) is 0. The van der Waals surface area contributed by atoms with Crippen molar-refractivity contribution in [1.29, 1.82) is 0 Å². The van der Waals surface area contributed by atoms with E-state index in [4.69, 9.17) is 0 Å². The van der Waals surface area contributed by atoms with E-state index in [-0.39, 0.29) is 5.92 Å². The predicted octanol–water partition coefficient (Wildman–Crippen LogP) is 3.97. The van der Waals surface area contributed by atoms with E-state index in [2.05, 4.69) is 9.80 Å². The van der Waals surface area contributed by atoms with Crippen LogP contribution in [-0.2, 0) is 11.3 Å². The second-order valence-corrected chi connectivity index (χ2v) is 8.27. The lowest BCUT2D eigenvalue weighted by molar-refractivity contribution is -0.134. The van der Waals surface area contributed by atoms with Crippen molar-refractivity contribution in [1.82, 2.24) is 9.80 Å². The third-order valence-electron chi connectivity index (χ3n) is 6.53. The molecule has 3 aliphatic rings. The first kappa shape index (κ1) is 17.9. The molecule has 2 aliphatic heterocycles. The van der Waals surface area contributed by atoms with Gasteiger partial charge in [-0.3, -0.25) is 9.69 Å². The molecular formula is C21H28F2N2O. The van der Waals surface area contributed by atoms with Gasteiger partial charge in [-0.1, -0.05) is 25.3 Å². The van der Waals surface area contributed by atoms with Crippen molar-refractivity contribution < 1.29 is 13.6 Å². The van der Waals surface area contributed by atoms with E-state index in [9.17, 15) is 13.6 Å². The quantitative estimate of drug-likeness (QED) is 0.812. The Bertz CT molecular complexity index is 659. The molecule has 0 bridgehead atoms. The highest BCUT2D eigenvalue weighted by atomic mass is 19.2. The highest BCUT2D eigenvalue weighted by Gasteiger charge is 2.41. The lowest BCUT2D eigenvalue weighted by atomic mass is 9.98. The van der Waals surface area contributed by atoms with E-state index in [1.165, 1.54) is 31.4 Å². The lowest BCUT2D eigenvalue weighted by Crippen LogP contribution is -2.41. The number of hydrogen-bond acceptors (Lipinski definition) is 2. The van der Waals surface area contributed by atoms with Crippen molar-refractivity contribution in [2.45, 2.75) is 57.5 Å². The van der Waals surface area contributed by atoms with Gasteiger partial charge in [0.05, 0.1) is 0 Å². The molecule has 0 unspecified atom stereocenters. The van der Waals surface area contributed by atoms with Crippen LogP contribution < -0.4 is 0 Å².